The molecule has 1 aromatic carbocycles. The minimum atomic E-state index is -3.08. The van der Waals surface area contributed by atoms with Crippen molar-refractivity contribution in [1.82, 2.24) is 5.32 Å². The first-order valence-electron chi connectivity index (χ1n) is 4.41. The third-order valence-electron chi connectivity index (χ3n) is 1.82. The van der Waals surface area contributed by atoms with Crippen molar-refractivity contribution in [2.45, 2.75) is 13.2 Å². The van der Waals surface area contributed by atoms with Crippen molar-refractivity contribution < 1.29 is 18.4 Å². The van der Waals surface area contributed by atoms with Crippen LogP contribution in [-0.4, -0.2) is 18.6 Å². The maximum atomic E-state index is 12.0. The standard InChI is InChI=1S/C9H10F2N2O3/c1-12-5-6-2-3-8(16-9(10)11)7(4-6)13(14)15/h2-4,9,12H,5H2,1H3. The molecule has 0 aliphatic rings. The zero-order valence-electron chi connectivity index (χ0n) is 8.44. The maximum absolute atomic E-state index is 12.0. The summed E-state index contributed by atoms with van der Waals surface area (Å²) in [6, 6.07) is 3.85. The predicted molar refractivity (Wildman–Crippen MR) is 52.5 cm³/mol. The number of nitrogens with one attached hydrogen (secondary N) is 1. The number of nitrogens with zero attached hydrogens (tertiary/aromatic N) is 1. The molecule has 0 saturated heterocycles. The molecule has 1 rings (SSSR count). The summed E-state index contributed by atoms with van der Waals surface area (Å²) in [5, 5.41) is 13.4. The van der Waals surface area contributed by atoms with Gasteiger partial charge in [0.25, 0.3) is 0 Å². The molecule has 0 aromatic heterocycles. The second kappa shape index (κ2) is 5.36. The summed E-state index contributed by atoms with van der Waals surface area (Å²) in [6.07, 6.45) is 0. The van der Waals surface area contributed by atoms with Gasteiger partial charge in [0.2, 0.25) is 5.75 Å². The quantitative estimate of drug-likeness (QED) is 0.622. The van der Waals surface area contributed by atoms with Crippen molar-refractivity contribution in [3.8, 4) is 5.75 Å². The van der Waals surface area contributed by atoms with Gasteiger partial charge in [0, 0.05) is 12.6 Å². The molecule has 0 amide bonds. The number of ether oxygens (including phenoxy) is 1. The SMILES string of the molecule is CNCc1ccc(OC(F)F)c([N+](=O)[O-])c1. The van der Waals surface area contributed by atoms with Crippen LogP contribution in [0.1, 0.15) is 5.56 Å². The fourth-order valence-electron chi connectivity index (χ4n) is 1.22. The molecule has 7 heteroatoms. The topological polar surface area (TPSA) is 64.4 Å². The summed E-state index contributed by atoms with van der Waals surface area (Å²) >= 11 is 0. The maximum Gasteiger partial charge on any atom is 0.387 e. The first-order valence-corrected chi connectivity index (χ1v) is 4.41. The largest absolute Gasteiger partial charge is 0.427 e. The Labute approximate surface area is 90.2 Å². The van der Waals surface area contributed by atoms with Gasteiger partial charge < -0.3 is 10.1 Å². The van der Waals surface area contributed by atoms with Crippen LogP contribution in [0.25, 0.3) is 0 Å². The Bertz CT molecular complexity index is 385. The van der Waals surface area contributed by atoms with E-state index in [0.717, 1.165) is 6.07 Å². The molecular formula is C9H10F2N2O3. The van der Waals surface area contributed by atoms with Crippen LogP contribution in [-0.2, 0) is 6.54 Å². The van der Waals surface area contributed by atoms with Crippen molar-refractivity contribution in [3.63, 3.8) is 0 Å². The van der Waals surface area contributed by atoms with Crippen LogP contribution in [0.4, 0.5) is 14.5 Å². The van der Waals surface area contributed by atoms with Gasteiger partial charge in [-0.15, -0.1) is 0 Å². The third kappa shape index (κ3) is 3.13. The van der Waals surface area contributed by atoms with Crippen LogP contribution in [0.5, 0.6) is 5.75 Å². The Hall–Kier alpha value is -1.76. The molecule has 5 nitrogen and oxygen atoms in total. The van der Waals surface area contributed by atoms with Gasteiger partial charge in [0.1, 0.15) is 0 Å². The van der Waals surface area contributed by atoms with E-state index >= 15 is 0 Å². The van der Waals surface area contributed by atoms with Crippen LogP contribution in [0.2, 0.25) is 0 Å². The van der Waals surface area contributed by atoms with Crippen LogP contribution in [0.3, 0.4) is 0 Å². The normalized spacial score (nSPS) is 10.5. The number of halogens is 2. The smallest absolute Gasteiger partial charge is 0.387 e. The fourth-order valence-corrected chi connectivity index (χ4v) is 1.22. The first-order chi connectivity index (χ1) is 7.54. The van der Waals surface area contributed by atoms with Gasteiger partial charge in [-0.1, -0.05) is 6.07 Å². The highest BCUT2D eigenvalue weighted by Crippen LogP contribution is 2.29. The zero-order chi connectivity index (χ0) is 12.1. The molecule has 1 aromatic rings. The van der Waals surface area contributed by atoms with E-state index in [1.165, 1.54) is 12.1 Å². The number of nitro groups is 1. The third-order valence-corrected chi connectivity index (χ3v) is 1.82. The predicted octanol–water partition coefficient (Wildman–Crippen LogP) is 1.92. The number of hydrogen-bond acceptors (Lipinski definition) is 4. The molecule has 1 N–H and O–H groups in total. The Morgan fingerprint density at radius 2 is 2.25 bits per heavy atom. The van der Waals surface area contributed by atoms with E-state index in [-0.39, 0.29) is 0 Å². The van der Waals surface area contributed by atoms with E-state index in [0.29, 0.717) is 12.1 Å². The molecular weight excluding hydrogens is 222 g/mol. The van der Waals surface area contributed by atoms with E-state index < -0.39 is 23.0 Å². The fraction of sp³-hybridized carbons (Fsp3) is 0.333. The van der Waals surface area contributed by atoms with Gasteiger partial charge in [-0.05, 0) is 18.7 Å². The molecule has 0 fully saturated rings. The number of nitro benzene ring substituents is 1. The van der Waals surface area contributed by atoms with Crippen LogP contribution < -0.4 is 10.1 Å². The molecule has 16 heavy (non-hydrogen) atoms. The summed E-state index contributed by atoms with van der Waals surface area (Å²) in [6.45, 7) is -2.66. The van der Waals surface area contributed by atoms with E-state index in [2.05, 4.69) is 10.1 Å². The van der Waals surface area contributed by atoms with E-state index in [1.807, 2.05) is 0 Å². The summed E-state index contributed by atoms with van der Waals surface area (Å²) in [7, 11) is 1.68. The van der Waals surface area contributed by atoms with Gasteiger partial charge in [-0.25, -0.2) is 0 Å². The highest BCUT2D eigenvalue weighted by molar-refractivity contribution is 5.48. The number of hydrogen-bond donors (Lipinski definition) is 1. The monoisotopic (exact) mass is 232 g/mol. The lowest BCUT2D eigenvalue weighted by Gasteiger charge is -2.06. The van der Waals surface area contributed by atoms with E-state index in [9.17, 15) is 18.9 Å². The van der Waals surface area contributed by atoms with Crippen LogP contribution in [0.15, 0.2) is 18.2 Å². The molecule has 88 valence electrons. The summed E-state index contributed by atoms with van der Waals surface area (Å²) in [4.78, 5) is 9.87. The Kier molecular flexibility index (Phi) is 4.12. The number of rotatable bonds is 5. The van der Waals surface area contributed by atoms with E-state index in [4.69, 9.17) is 0 Å². The molecule has 0 saturated carbocycles. The van der Waals surface area contributed by atoms with Crippen molar-refractivity contribution in [2.75, 3.05) is 7.05 Å². The Balaban J connectivity index is 3.04. The molecule has 0 heterocycles. The lowest BCUT2D eigenvalue weighted by molar-refractivity contribution is -0.386. The summed E-state index contributed by atoms with van der Waals surface area (Å²) in [5.74, 6) is -0.431. The molecule has 0 aliphatic heterocycles. The lowest BCUT2D eigenvalue weighted by atomic mass is 10.2. The average Bonchev–Trinajstić information content (AvgIpc) is 2.19. The lowest BCUT2D eigenvalue weighted by Crippen LogP contribution is -2.07. The highest BCUT2D eigenvalue weighted by atomic mass is 19.3. The van der Waals surface area contributed by atoms with Crippen LogP contribution >= 0.6 is 0 Å². The molecule has 0 spiro atoms. The zero-order valence-corrected chi connectivity index (χ0v) is 8.44. The molecule has 0 aliphatic carbocycles. The van der Waals surface area contributed by atoms with Crippen molar-refractivity contribution in [3.05, 3.63) is 33.9 Å². The van der Waals surface area contributed by atoms with Crippen molar-refractivity contribution >= 4 is 5.69 Å². The number of alkyl halides is 2. The summed E-state index contributed by atoms with van der Waals surface area (Å²) in [5.41, 5.74) is 0.156. The minimum absolute atomic E-state index is 0.412. The second-order valence-corrected chi connectivity index (χ2v) is 2.97. The van der Waals surface area contributed by atoms with Gasteiger partial charge in [0.05, 0.1) is 4.92 Å². The summed E-state index contributed by atoms with van der Waals surface area (Å²) < 4.78 is 28.0. The molecule has 0 radical (unpaired) electrons. The van der Waals surface area contributed by atoms with Gasteiger partial charge in [-0.3, -0.25) is 10.1 Å². The molecule has 0 bridgehead atoms. The van der Waals surface area contributed by atoms with Gasteiger partial charge in [0.15, 0.2) is 0 Å². The van der Waals surface area contributed by atoms with Crippen molar-refractivity contribution in [2.24, 2.45) is 0 Å². The van der Waals surface area contributed by atoms with Gasteiger partial charge in [-0.2, -0.15) is 8.78 Å². The van der Waals surface area contributed by atoms with Crippen LogP contribution in [0, 0.1) is 10.1 Å². The first kappa shape index (κ1) is 12.3. The van der Waals surface area contributed by atoms with Crippen molar-refractivity contribution in [1.29, 1.82) is 0 Å². The molecule has 0 atom stereocenters. The second-order valence-electron chi connectivity index (χ2n) is 2.97. The Morgan fingerprint density at radius 1 is 1.56 bits per heavy atom. The minimum Gasteiger partial charge on any atom is -0.427 e. The van der Waals surface area contributed by atoms with Gasteiger partial charge >= 0.3 is 12.3 Å². The Morgan fingerprint density at radius 3 is 2.75 bits per heavy atom. The molecule has 0 unspecified atom stereocenters. The van der Waals surface area contributed by atoms with E-state index in [1.54, 1.807) is 7.05 Å². The highest BCUT2D eigenvalue weighted by Gasteiger charge is 2.18. The average molecular weight is 232 g/mol. The number of benzene rings is 1.